The Morgan fingerprint density at radius 3 is 2.57 bits per heavy atom. The lowest BCUT2D eigenvalue weighted by Gasteiger charge is -2.28. The molecule has 0 bridgehead atoms. The molecule has 1 atom stereocenters. The highest BCUT2D eigenvalue weighted by Gasteiger charge is 2.23. The Morgan fingerprint density at radius 1 is 1.43 bits per heavy atom. The zero-order valence-corrected chi connectivity index (χ0v) is 13.2. The first-order valence-corrected chi connectivity index (χ1v) is 6.81. The lowest BCUT2D eigenvalue weighted by atomic mass is 10.0. The predicted molar refractivity (Wildman–Crippen MR) is 80.0 cm³/mol. The fourth-order valence-electron chi connectivity index (χ4n) is 1.85. The van der Waals surface area contributed by atoms with Gasteiger partial charge in [0.1, 0.15) is 11.4 Å². The van der Waals surface area contributed by atoms with Gasteiger partial charge >= 0.3 is 6.09 Å². The largest absolute Gasteiger partial charge is 0.508 e. The molecule has 5 heteroatoms. The van der Waals surface area contributed by atoms with Crippen molar-refractivity contribution < 1.29 is 14.6 Å². The summed E-state index contributed by atoms with van der Waals surface area (Å²) in [5.74, 6) is 0.0520. The molecule has 0 aliphatic rings. The molecule has 0 fully saturated rings. The fourth-order valence-corrected chi connectivity index (χ4v) is 1.85. The third-order valence-electron chi connectivity index (χ3n) is 2.98. The van der Waals surface area contributed by atoms with Gasteiger partial charge in [-0.15, -0.1) is 0 Å². The van der Waals surface area contributed by atoms with E-state index in [1.165, 1.54) is 11.0 Å². The second-order valence-electron chi connectivity index (χ2n) is 6.14. The van der Waals surface area contributed by atoms with Gasteiger partial charge in [0.15, 0.2) is 0 Å². The minimum Gasteiger partial charge on any atom is -0.508 e. The van der Waals surface area contributed by atoms with Crippen molar-refractivity contribution in [2.24, 2.45) is 0 Å². The minimum atomic E-state index is -0.538. The summed E-state index contributed by atoms with van der Waals surface area (Å²) in [6.45, 7) is 7.34. The molecule has 0 saturated carbocycles. The van der Waals surface area contributed by atoms with Crippen LogP contribution in [0, 0.1) is 11.3 Å². The molecule has 1 aromatic rings. The number of hydrogen-bond donors (Lipinski definition) is 1. The van der Waals surface area contributed by atoms with Gasteiger partial charge in [-0.2, -0.15) is 5.26 Å². The number of hydrogen-bond acceptors (Lipinski definition) is 4. The van der Waals surface area contributed by atoms with Crippen molar-refractivity contribution in [1.29, 1.82) is 5.26 Å². The van der Waals surface area contributed by atoms with E-state index in [-0.39, 0.29) is 11.8 Å². The number of aromatic hydroxyl groups is 1. The first-order chi connectivity index (χ1) is 9.62. The number of benzene rings is 1. The molecular weight excluding hydrogens is 268 g/mol. The van der Waals surface area contributed by atoms with Crippen LogP contribution in [0.25, 0.3) is 0 Å². The topological polar surface area (TPSA) is 73.6 Å². The molecule has 5 nitrogen and oxygen atoms in total. The summed E-state index contributed by atoms with van der Waals surface area (Å²) in [5, 5.41) is 18.5. The van der Waals surface area contributed by atoms with E-state index < -0.39 is 11.7 Å². The van der Waals surface area contributed by atoms with E-state index in [1.54, 1.807) is 19.2 Å². The summed E-state index contributed by atoms with van der Waals surface area (Å²) in [7, 11) is 1.67. The lowest BCUT2D eigenvalue weighted by molar-refractivity contribution is 0.0236. The van der Waals surface area contributed by atoms with Crippen molar-refractivity contribution in [1.82, 2.24) is 4.90 Å². The van der Waals surface area contributed by atoms with Crippen LogP contribution in [0.2, 0.25) is 0 Å². The SMILES string of the molecule is C[C@@H](Cc1cc(O)cc(C#N)c1)N(C)C(=O)OC(C)(C)C. The Labute approximate surface area is 125 Å². The number of likely N-dealkylation sites (N-methyl/N-ethyl adjacent to an activating group) is 1. The summed E-state index contributed by atoms with van der Waals surface area (Å²) in [5.41, 5.74) is 0.663. The number of rotatable bonds is 3. The molecular formula is C16H22N2O3. The molecule has 0 aliphatic carbocycles. The van der Waals surface area contributed by atoms with Gasteiger partial charge in [0, 0.05) is 13.1 Å². The van der Waals surface area contributed by atoms with E-state index in [0.29, 0.717) is 12.0 Å². The van der Waals surface area contributed by atoms with Crippen molar-refractivity contribution in [3.8, 4) is 11.8 Å². The molecule has 0 aromatic heterocycles. The van der Waals surface area contributed by atoms with Crippen molar-refractivity contribution >= 4 is 6.09 Å². The number of phenolic OH excluding ortho intramolecular Hbond substituents is 1. The second-order valence-corrected chi connectivity index (χ2v) is 6.14. The molecule has 0 saturated heterocycles. The number of carbonyl (C=O) groups excluding carboxylic acids is 1. The number of carbonyl (C=O) groups is 1. The maximum absolute atomic E-state index is 12.0. The number of amides is 1. The summed E-state index contributed by atoms with van der Waals surface area (Å²) in [6, 6.07) is 6.60. The Bertz CT molecular complexity index is 556. The standard InChI is InChI=1S/C16H22N2O3/c1-11(18(5)15(20)21-16(2,3)4)6-12-7-13(10-17)9-14(19)8-12/h7-9,11,19H,6H2,1-5H3/t11-/m0/s1. The Morgan fingerprint density at radius 2 is 2.05 bits per heavy atom. The van der Waals surface area contributed by atoms with Gasteiger partial charge in [0.2, 0.25) is 0 Å². The Hall–Kier alpha value is -2.22. The number of nitriles is 1. The van der Waals surface area contributed by atoms with E-state index in [9.17, 15) is 9.90 Å². The number of nitrogens with zero attached hydrogens (tertiary/aromatic N) is 2. The predicted octanol–water partition coefficient (Wildman–Crippen LogP) is 3.06. The normalized spacial score (nSPS) is 12.4. The number of ether oxygens (including phenoxy) is 1. The highest BCUT2D eigenvalue weighted by atomic mass is 16.6. The summed E-state index contributed by atoms with van der Waals surface area (Å²) < 4.78 is 5.31. The molecule has 0 spiro atoms. The smallest absolute Gasteiger partial charge is 0.410 e. The maximum atomic E-state index is 12.0. The van der Waals surface area contributed by atoms with Crippen LogP contribution in [0.3, 0.4) is 0 Å². The van der Waals surface area contributed by atoms with E-state index in [2.05, 4.69) is 0 Å². The molecule has 0 aliphatic heterocycles. The molecule has 0 radical (unpaired) electrons. The summed E-state index contributed by atoms with van der Waals surface area (Å²) in [6.07, 6.45) is 0.134. The molecule has 1 amide bonds. The zero-order valence-electron chi connectivity index (χ0n) is 13.2. The molecule has 0 heterocycles. The molecule has 114 valence electrons. The third-order valence-corrected chi connectivity index (χ3v) is 2.98. The van der Waals surface area contributed by atoms with Crippen LogP contribution in [0.15, 0.2) is 18.2 Å². The van der Waals surface area contributed by atoms with Crippen LogP contribution >= 0.6 is 0 Å². The third kappa shape index (κ3) is 5.35. The van der Waals surface area contributed by atoms with E-state index >= 15 is 0 Å². The quantitative estimate of drug-likeness (QED) is 0.928. The van der Waals surface area contributed by atoms with Gasteiger partial charge in [-0.05, 0) is 57.9 Å². The molecule has 1 rings (SSSR count). The molecule has 1 aromatic carbocycles. The monoisotopic (exact) mass is 290 g/mol. The highest BCUT2D eigenvalue weighted by Crippen LogP contribution is 2.18. The van der Waals surface area contributed by atoms with Crippen LogP contribution in [0.4, 0.5) is 4.79 Å². The first-order valence-electron chi connectivity index (χ1n) is 6.81. The van der Waals surface area contributed by atoms with Gasteiger partial charge in [-0.3, -0.25) is 0 Å². The molecule has 21 heavy (non-hydrogen) atoms. The van der Waals surface area contributed by atoms with Crippen molar-refractivity contribution in [3.63, 3.8) is 0 Å². The first kappa shape index (κ1) is 16.8. The van der Waals surface area contributed by atoms with Crippen molar-refractivity contribution in [2.45, 2.75) is 45.8 Å². The zero-order chi connectivity index (χ0) is 16.2. The molecule has 0 unspecified atom stereocenters. The van der Waals surface area contributed by atoms with Crippen LogP contribution in [-0.2, 0) is 11.2 Å². The van der Waals surface area contributed by atoms with Crippen LogP contribution < -0.4 is 0 Å². The van der Waals surface area contributed by atoms with Crippen molar-refractivity contribution in [3.05, 3.63) is 29.3 Å². The maximum Gasteiger partial charge on any atom is 0.410 e. The highest BCUT2D eigenvalue weighted by molar-refractivity contribution is 5.68. The van der Waals surface area contributed by atoms with Gasteiger partial charge in [0.25, 0.3) is 0 Å². The summed E-state index contributed by atoms with van der Waals surface area (Å²) >= 11 is 0. The lowest BCUT2D eigenvalue weighted by Crippen LogP contribution is -2.40. The van der Waals surface area contributed by atoms with Gasteiger partial charge < -0.3 is 14.7 Å². The van der Waals surface area contributed by atoms with Gasteiger partial charge in [-0.1, -0.05) is 0 Å². The summed E-state index contributed by atoms with van der Waals surface area (Å²) in [4.78, 5) is 13.5. The van der Waals surface area contributed by atoms with Crippen LogP contribution in [0.5, 0.6) is 5.75 Å². The van der Waals surface area contributed by atoms with Crippen LogP contribution in [-0.4, -0.2) is 34.8 Å². The number of phenols is 1. The van der Waals surface area contributed by atoms with Crippen LogP contribution in [0.1, 0.15) is 38.8 Å². The van der Waals surface area contributed by atoms with Gasteiger partial charge in [-0.25, -0.2) is 4.79 Å². The van der Waals surface area contributed by atoms with E-state index in [0.717, 1.165) is 5.56 Å². The molecule has 1 N–H and O–H groups in total. The van der Waals surface area contributed by atoms with Crippen molar-refractivity contribution in [2.75, 3.05) is 7.05 Å². The second kappa shape index (κ2) is 6.49. The average Bonchev–Trinajstić information content (AvgIpc) is 2.34. The minimum absolute atomic E-state index is 0.0520. The van der Waals surface area contributed by atoms with E-state index in [4.69, 9.17) is 10.00 Å². The Balaban J connectivity index is 2.77. The van der Waals surface area contributed by atoms with E-state index in [1.807, 2.05) is 33.8 Å². The average molecular weight is 290 g/mol. The fraction of sp³-hybridized carbons (Fsp3) is 0.500. The Kier molecular flexibility index (Phi) is 5.20. The van der Waals surface area contributed by atoms with Gasteiger partial charge in [0.05, 0.1) is 11.6 Å².